The second-order valence-electron chi connectivity index (χ2n) is 2.53. The van der Waals surface area contributed by atoms with Crippen LogP contribution < -0.4 is 0 Å². The van der Waals surface area contributed by atoms with E-state index in [9.17, 15) is 0 Å². The number of aromatic amines is 1. The summed E-state index contributed by atoms with van der Waals surface area (Å²) in [6, 6.07) is 0. The molecular weight excluding hydrogens is 140 g/mol. The number of nitrogens with zero attached hydrogens (tertiary/aromatic N) is 3. The minimum atomic E-state index is 0.697. The molecule has 11 heavy (non-hydrogen) atoms. The number of nitrogens with one attached hydrogen (secondary N) is 1. The highest BCUT2D eigenvalue weighted by molar-refractivity contribution is 5.71. The zero-order valence-corrected chi connectivity index (χ0v) is 6.42. The molecule has 2 heterocycles. The quantitative estimate of drug-likeness (QED) is 0.605. The summed E-state index contributed by atoms with van der Waals surface area (Å²) in [4.78, 5) is 8.38. The Hall–Kier alpha value is -1.45. The van der Waals surface area contributed by atoms with Gasteiger partial charge in [-0.1, -0.05) is 0 Å². The third kappa shape index (κ3) is 0.869. The van der Waals surface area contributed by atoms with E-state index in [0.29, 0.717) is 5.65 Å². The van der Waals surface area contributed by atoms with Gasteiger partial charge in [0, 0.05) is 6.20 Å². The summed E-state index contributed by atoms with van der Waals surface area (Å²) in [7, 11) is 0. The molecule has 1 N–H and O–H groups in total. The fourth-order valence-corrected chi connectivity index (χ4v) is 0.997. The molecule has 0 saturated heterocycles. The van der Waals surface area contributed by atoms with Gasteiger partial charge >= 0.3 is 0 Å². The number of aryl methyl sites for hydroxylation is 2. The van der Waals surface area contributed by atoms with Crippen molar-refractivity contribution in [1.82, 2.24) is 20.2 Å². The Labute approximate surface area is 63.7 Å². The first-order valence-electron chi connectivity index (χ1n) is 3.41. The number of fused-ring (bicyclic) bond motifs is 1. The maximum absolute atomic E-state index is 4.19. The van der Waals surface area contributed by atoms with Crippen molar-refractivity contribution in [3.8, 4) is 0 Å². The average Bonchev–Trinajstić information content (AvgIpc) is 2.32. The standard InChI is InChI=1S/C7H8N4/c1-4-3-8-6-5(2)10-11-7(6)9-4/h3H,1-2H3,(H,9,10,11). The van der Waals surface area contributed by atoms with Crippen LogP contribution in [-0.4, -0.2) is 20.2 Å². The van der Waals surface area contributed by atoms with E-state index in [-0.39, 0.29) is 0 Å². The topological polar surface area (TPSA) is 54.5 Å². The molecule has 0 aromatic carbocycles. The molecule has 0 spiro atoms. The lowest BCUT2D eigenvalue weighted by atomic mass is 10.4. The number of rotatable bonds is 0. The molecule has 2 aromatic heterocycles. The van der Waals surface area contributed by atoms with Gasteiger partial charge in [-0.25, -0.2) is 9.97 Å². The molecule has 0 aliphatic heterocycles. The van der Waals surface area contributed by atoms with Crippen molar-refractivity contribution in [2.45, 2.75) is 13.8 Å². The Kier molecular flexibility index (Phi) is 1.15. The van der Waals surface area contributed by atoms with Gasteiger partial charge in [0.25, 0.3) is 0 Å². The van der Waals surface area contributed by atoms with Crippen LogP contribution in [0.3, 0.4) is 0 Å². The number of hydrogen-bond acceptors (Lipinski definition) is 3. The van der Waals surface area contributed by atoms with Gasteiger partial charge in [0.1, 0.15) is 5.52 Å². The summed E-state index contributed by atoms with van der Waals surface area (Å²) >= 11 is 0. The van der Waals surface area contributed by atoms with E-state index in [0.717, 1.165) is 16.9 Å². The number of aromatic nitrogens is 4. The third-order valence-electron chi connectivity index (χ3n) is 1.56. The molecule has 0 aliphatic rings. The van der Waals surface area contributed by atoms with Crippen LogP contribution >= 0.6 is 0 Å². The first-order chi connectivity index (χ1) is 5.27. The molecule has 4 nitrogen and oxygen atoms in total. The van der Waals surface area contributed by atoms with Gasteiger partial charge < -0.3 is 0 Å². The lowest BCUT2D eigenvalue weighted by Crippen LogP contribution is -1.84. The fraction of sp³-hybridized carbons (Fsp3) is 0.286. The summed E-state index contributed by atoms with van der Waals surface area (Å²) in [5, 5.41) is 6.81. The highest BCUT2D eigenvalue weighted by Gasteiger charge is 2.02. The van der Waals surface area contributed by atoms with Crippen molar-refractivity contribution in [1.29, 1.82) is 0 Å². The van der Waals surface area contributed by atoms with Crippen molar-refractivity contribution in [2.75, 3.05) is 0 Å². The number of H-pyrrole nitrogens is 1. The maximum Gasteiger partial charge on any atom is 0.200 e. The molecule has 0 amide bonds. The van der Waals surface area contributed by atoms with Crippen LogP contribution in [0.5, 0.6) is 0 Å². The van der Waals surface area contributed by atoms with Crippen molar-refractivity contribution < 1.29 is 0 Å². The number of hydrogen-bond donors (Lipinski definition) is 1. The van der Waals surface area contributed by atoms with Gasteiger partial charge in [-0.3, -0.25) is 5.10 Å². The first-order valence-corrected chi connectivity index (χ1v) is 3.41. The molecule has 0 saturated carbocycles. The molecule has 0 radical (unpaired) electrons. The molecule has 0 unspecified atom stereocenters. The first kappa shape index (κ1) is 6.27. The van der Waals surface area contributed by atoms with E-state index in [1.807, 2.05) is 13.8 Å². The molecule has 2 aromatic rings. The van der Waals surface area contributed by atoms with Crippen molar-refractivity contribution in [3.05, 3.63) is 17.6 Å². The zero-order valence-electron chi connectivity index (χ0n) is 6.42. The highest BCUT2D eigenvalue weighted by Crippen LogP contribution is 2.08. The third-order valence-corrected chi connectivity index (χ3v) is 1.56. The van der Waals surface area contributed by atoms with Gasteiger partial charge in [-0.05, 0) is 13.8 Å². The summed E-state index contributed by atoms with van der Waals surface area (Å²) in [5.41, 5.74) is 3.41. The van der Waals surface area contributed by atoms with Crippen LogP contribution in [0.15, 0.2) is 6.20 Å². The lowest BCUT2D eigenvalue weighted by Gasteiger charge is -1.89. The van der Waals surface area contributed by atoms with Crippen LogP contribution in [0.4, 0.5) is 0 Å². The molecule has 56 valence electrons. The van der Waals surface area contributed by atoms with Crippen LogP contribution in [0.25, 0.3) is 11.2 Å². The smallest absolute Gasteiger partial charge is 0.200 e. The second-order valence-corrected chi connectivity index (χ2v) is 2.53. The van der Waals surface area contributed by atoms with Gasteiger partial charge in [0.05, 0.1) is 11.4 Å². The summed E-state index contributed by atoms with van der Waals surface area (Å²) in [6.07, 6.45) is 1.74. The SMILES string of the molecule is Cc1cnc2c(C)[nH]nc2n1. The lowest BCUT2D eigenvalue weighted by molar-refractivity contribution is 1.05. The summed E-state index contributed by atoms with van der Waals surface area (Å²) in [6.45, 7) is 3.83. The molecule has 4 heteroatoms. The van der Waals surface area contributed by atoms with Gasteiger partial charge in [-0.2, -0.15) is 5.10 Å². The van der Waals surface area contributed by atoms with E-state index >= 15 is 0 Å². The Morgan fingerprint density at radius 3 is 3.00 bits per heavy atom. The Morgan fingerprint density at radius 2 is 2.18 bits per heavy atom. The van der Waals surface area contributed by atoms with E-state index < -0.39 is 0 Å². The van der Waals surface area contributed by atoms with Crippen molar-refractivity contribution in [2.24, 2.45) is 0 Å². The predicted octanol–water partition coefficient (Wildman–Crippen LogP) is 0.970. The zero-order chi connectivity index (χ0) is 7.84. The van der Waals surface area contributed by atoms with Crippen LogP contribution in [-0.2, 0) is 0 Å². The Morgan fingerprint density at radius 1 is 1.36 bits per heavy atom. The van der Waals surface area contributed by atoms with Crippen LogP contribution in [0.1, 0.15) is 11.4 Å². The predicted molar refractivity (Wildman–Crippen MR) is 41.2 cm³/mol. The monoisotopic (exact) mass is 148 g/mol. The largest absolute Gasteiger partial charge is 0.278 e. The van der Waals surface area contributed by atoms with Gasteiger partial charge in [0.15, 0.2) is 5.65 Å². The van der Waals surface area contributed by atoms with Crippen molar-refractivity contribution in [3.63, 3.8) is 0 Å². The van der Waals surface area contributed by atoms with Gasteiger partial charge in [-0.15, -0.1) is 0 Å². The van der Waals surface area contributed by atoms with E-state index in [2.05, 4.69) is 20.2 Å². The van der Waals surface area contributed by atoms with Gasteiger partial charge in [0.2, 0.25) is 0 Å². The summed E-state index contributed by atoms with van der Waals surface area (Å²) in [5.74, 6) is 0. The summed E-state index contributed by atoms with van der Waals surface area (Å²) < 4.78 is 0. The van der Waals surface area contributed by atoms with Crippen molar-refractivity contribution >= 4 is 11.2 Å². The van der Waals surface area contributed by atoms with E-state index in [1.54, 1.807) is 6.20 Å². The second kappa shape index (κ2) is 2.02. The average molecular weight is 148 g/mol. The molecular formula is C7H8N4. The molecule has 0 bridgehead atoms. The molecule has 0 fully saturated rings. The van der Waals surface area contributed by atoms with Crippen LogP contribution in [0, 0.1) is 13.8 Å². The molecule has 2 rings (SSSR count). The minimum Gasteiger partial charge on any atom is -0.278 e. The van der Waals surface area contributed by atoms with E-state index in [4.69, 9.17) is 0 Å². The molecule has 0 atom stereocenters. The minimum absolute atomic E-state index is 0.697. The highest BCUT2D eigenvalue weighted by atomic mass is 15.2. The fourth-order valence-electron chi connectivity index (χ4n) is 0.997. The van der Waals surface area contributed by atoms with Crippen LogP contribution in [0.2, 0.25) is 0 Å². The normalized spacial score (nSPS) is 10.7. The van der Waals surface area contributed by atoms with E-state index in [1.165, 1.54) is 0 Å². The Balaban J connectivity index is 2.86. The molecule has 0 aliphatic carbocycles. The maximum atomic E-state index is 4.19. The Bertz CT molecular complexity index is 390.